The molecule has 15 heavy (non-hydrogen) atoms. The van der Waals surface area contributed by atoms with Crippen molar-refractivity contribution in [2.24, 2.45) is 5.73 Å². The van der Waals surface area contributed by atoms with Gasteiger partial charge in [0.1, 0.15) is 0 Å². The summed E-state index contributed by atoms with van der Waals surface area (Å²) in [7, 11) is 0. The van der Waals surface area contributed by atoms with Gasteiger partial charge in [-0.25, -0.2) is 0 Å². The molecule has 0 saturated heterocycles. The molecule has 2 aromatic rings. The summed E-state index contributed by atoms with van der Waals surface area (Å²) in [6.07, 6.45) is 5.23. The molecule has 4 heteroatoms. The van der Waals surface area contributed by atoms with E-state index in [4.69, 9.17) is 5.73 Å². The number of pyridine rings is 1. The second kappa shape index (κ2) is 2.79. The zero-order valence-corrected chi connectivity index (χ0v) is 8.77. The normalized spacial score (nSPS) is 19.1. The van der Waals surface area contributed by atoms with Crippen molar-refractivity contribution in [3.63, 3.8) is 0 Å². The van der Waals surface area contributed by atoms with Gasteiger partial charge in [0.15, 0.2) is 11.5 Å². The third kappa shape index (κ3) is 1.18. The van der Waals surface area contributed by atoms with Crippen LogP contribution in [0.3, 0.4) is 0 Å². The molecule has 1 fully saturated rings. The Kier molecular flexibility index (Phi) is 1.65. The average molecular weight is 202 g/mol. The summed E-state index contributed by atoms with van der Waals surface area (Å²) in [5, 5.41) is 8.38. The summed E-state index contributed by atoms with van der Waals surface area (Å²) < 4.78 is 2.01. The van der Waals surface area contributed by atoms with E-state index in [0.717, 1.165) is 24.3 Å². The predicted molar refractivity (Wildman–Crippen MR) is 57.4 cm³/mol. The summed E-state index contributed by atoms with van der Waals surface area (Å²) in [5.74, 6) is 0.906. The molecule has 0 radical (unpaired) electrons. The Morgan fingerprint density at radius 3 is 2.87 bits per heavy atom. The lowest BCUT2D eigenvalue weighted by molar-refractivity contribution is 0.236. The lowest BCUT2D eigenvalue weighted by Crippen LogP contribution is -2.45. The first-order chi connectivity index (χ1) is 7.19. The summed E-state index contributed by atoms with van der Waals surface area (Å²) in [6.45, 7) is 2.05. The molecule has 2 heterocycles. The van der Waals surface area contributed by atoms with Gasteiger partial charge in [-0.2, -0.15) is 0 Å². The van der Waals surface area contributed by atoms with Gasteiger partial charge in [-0.3, -0.25) is 4.40 Å². The van der Waals surface area contributed by atoms with Gasteiger partial charge in [0.2, 0.25) is 0 Å². The van der Waals surface area contributed by atoms with Gasteiger partial charge >= 0.3 is 0 Å². The summed E-state index contributed by atoms with van der Waals surface area (Å²) in [5.41, 5.74) is 8.09. The maximum atomic E-state index is 6.25. The van der Waals surface area contributed by atoms with Crippen LogP contribution in [0.1, 0.15) is 30.7 Å². The molecule has 0 aliphatic heterocycles. The Bertz CT molecular complexity index is 510. The van der Waals surface area contributed by atoms with Crippen LogP contribution in [0.2, 0.25) is 0 Å². The lowest BCUT2D eigenvalue weighted by atomic mass is 9.77. The van der Waals surface area contributed by atoms with E-state index < -0.39 is 0 Å². The van der Waals surface area contributed by atoms with E-state index in [-0.39, 0.29) is 5.54 Å². The number of fused-ring (bicyclic) bond motifs is 1. The molecule has 1 aliphatic rings. The maximum Gasteiger partial charge on any atom is 0.161 e. The molecule has 4 nitrogen and oxygen atoms in total. The van der Waals surface area contributed by atoms with Crippen molar-refractivity contribution < 1.29 is 0 Å². The minimum Gasteiger partial charge on any atom is -0.319 e. The molecule has 2 N–H and O–H groups in total. The first kappa shape index (κ1) is 8.85. The van der Waals surface area contributed by atoms with Crippen molar-refractivity contribution in [1.82, 2.24) is 14.6 Å². The average Bonchev–Trinajstić information content (AvgIpc) is 2.57. The van der Waals surface area contributed by atoms with Gasteiger partial charge in [-0.1, -0.05) is 0 Å². The number of hydrogen-bond acceptors (Lipinski definition) is 3. The van der Waals surface area contributed by atoms with E-state index in [9.17, 15) is 0 Å². The number of nitrogens with zero attached hydrogens (tertiary/aromatic N) is 3. The molecular weight excluding hydrogens is 188 g/mol. The van der Waals surface area contributed by atoms with E-state index in [1.54, 1.807) is 0 Å². The van der Waals surface area contributed by atoms with Crippen LogP contribution in [0.25, 0.3) is 5.65 Å². The number of nitrogens with two attached hydrogens (primary N) is 1. The molecule has 2 aromatic heterocycles. The van der Waals surface area contributed by atoms with Crippen LogP contribution in [-0.4, -0.2) is 14.6 Å². The number of rotatable bonds is 1. The van der Waals surface area contributed by atoms with E-state index in [1.165, 1.54) is 12.0 Å². The molecule has 3 rings (SSSR count). The van der Waals surface area contributed by atoms with Crippen LogP contribution in [0.4, 0.5) is 0 Å². The van der Waals surface area contributed by atoms with Crippen LogP contribution >= 0.6 is 0 Å². The van der Waals surface area contributed by atoms with Gasteiger partial charge in [-0.15, -0.1) is 10.2 Å². The van der Waals surface area contributed by atoms with Crippen LogP contribution < -0.4 is 5.73 Å². The van der Waals surface area contributed by atoms with Crippen LogP contribution in [0.5, 0.6) is 0 Å². The number of aromatic nitrogens is 3. The third-order valence-corrected chi connectivity index (χ3v) is 3.26. The summed E-state index contributed by atoms with van der Waals surface area (Å²) in [6, 6.07) is 4.08. The van der Waals surface area contributed by atoms with Crippen molar-refractivity contribution >= 4 is 5.65 Å². The smallest absolute Gasteiger partial charge is 0.161 e. The Morgan fingerprint density at radius 1 is 1.40 bits per heavy atom. The number of aryl methyl sites for hydroxylation is 1. The molecule has 0 unspecified atom stereocenters. The molecule has 78 valence electrons. The SMILES string of the molecule is Cc1ccn2c(C3(N)CCC3)nnc2c1. The van der Waals surface area contributed by atoms with E-state index in [2.05, 4.69) is 23.2 Å². The van der Waals surface area contributed by atoms with Crippen LogP contribution in [0, 0.1) is 6.92 Å². The fraction of sp³-hybridized carbons (Fsp3) is 0.455. The largest absolute Gasteiger partial charge is 0.319 e. The quantitative estimate of drug-likeness (QED) is 0.760. The van der Waals surface area contributed by atoms with Crippen LogP contribution in [-0.2, 0) is 5.54 Å². The highest BCUT2D eigenvalue weighted by Crippen LogP contribution is 2.37. The Morgan fingerprint density at radius 2 is 2.20 bits per heavy atom. The van der Waals surface area contributed by atoms with E-state index >= 15 is 0 Å². The molecule has 1 saturated carbocycles. The summed E-state index contributed by atoms with van der Waals surface area (Å²) >= 11 is 0. The second-order valence-corrected chi connectivity index (χ2v) is 4.47. The topological polar surface area (TPSA) is 56.2 Å². The summed E-state index contributed by atoms with van der Waals surface area (Å²) in [4.78, 5) is 0. The predicted octanol–water partition coefficient (Wildman–Crippen LogP) is 1.38. The Labute approximate surface area is 88.1 Å². The van der Waals surface area contributed by atoms with Crippen LogP contribution in [0.15, 0.2) is 18.3 Å². The highest BCUT2D eigenvalue weighted by atomic mass is 15.3. The van der Waals surface area contributed by atoms with E-state index in [1.807, 2.05) is 16.7 Å². The van der Waals surface area contributed by atoms with Gasteiger partial charge in [0, 0.05) is 6.20 Å². The minimum atomic E-state index is -0.241. The molecule has 1 aliphatic carbocycles. The standard InChI is InChI=1S/C11H14N4/c1-8-3-6-15-9(7-8)13-14-10(15)11(12)4-2-5-11/h3,6-7H,2,4-5,12H2,1H3. The van der Waals surface area contributed by atoms with Gasteiger partial charge in [0.05, 0.1) is 5.54 Å². The zero-order valence-electron chi connectivity index (χ0n) is 8.77. The van der Waals surface area contributed by atoms with Gasteiger partial charge in [-0.05, 0) is 43.9 Å². The molecular formula is C11H14N4. The molecule has 0 bridgehead atoms. The van der Waals surface area contributed by atoms with Crippen molar-refractivity contribution in [1.29, 1.82) is 0 Å². The fourth-order valence-electron chi connectivity index (χ4n) is 2.11. The highest BCUT2D eigenvalue weighted by Gasteiger charge is 2.38. The third-order valence-electron chi connectivity index (χ3n) is 3.26. The molecule has 0 atom stereocenters. The highest BCUT2D eigenvalue weighted by molar-refractivity contribution is 5.41. The number of hydrogen-bond donors (Lipinski definition) is 1. The Balaban J connectivity index is 2.20. The fourth-order valence-corrected chi connectivity index (χ4v) is 2.11. The van der Waals surface area contributed by atoms with Gasteiger partial charge < -0.3 is 5.73 Å². The first-order valence-corrected chi connectivity index (χ1v) is 5.30. The van der Waals surface area contributed by atoms with Crippen molar-refractivity contribution in [2.45, 2.75) is 31.7 Å². The molecule has 0 aromatic carbocycles. The minimum absolute atomic E-state index is 0.241. The van der Waals surface area contributed by atoms with Crippen molar-refractivity contribution in [3.05, 3.63) is 29.7 Å². The Hall–Kier alpha value is -1.42. The van der Waals surface area contributed by atoms with E-state index in [0.29, 0.717) is 0 Å². The molecule has 0 amide bonds. The van der Waals surface area contributed by atoms with Gasteiger partial charge in [0.25, 0.3) is 0 Å². The zero-order chi connectivity index (χ0) is 10.5. The first-order valence-electron chi connectivity index (χ1n) is 5.30. The monoisotopic (exact) mass is 202 g/mol. The lowest BCUT2D eigenvalue weighted by Gasteiger charge is -2.36. The van der Waals surface area contributed by atoms with Crippen molar-refractivity contribution in [3.8, 4) is 0 Å². The van der Waals surface area contributed by atoms with Crippen molar-refractivity contribution in [2.75, 3.05) is 0 Å². The second-order valence-electron chi connectivity index (χ2n) is 4.47. The maximum absolute atomic E-state index is 6.25. The molecule has 0 spiro atoms.